The fourth-order valence-corrected chi connectivity index (χ4v) is 2.81. The lowest BCUT2D eigenvalue weighted by Crippen LogP contribution is -2.41. The Kier molecular flexibility index (Phi) is 3.85. The Morgan fingerprint density at radius 2 is 2.00 bits per heavy atom. The Labute approximate surface area is 97.9 Å². The van der Waals surface area contributed by atoms with Crippen LogP contribution in [0.4, 0.5) is 0 Å². The summed E-state index contributed by atoms with van der Waals surface area (Å²) in [4.78, 5) is 11.9. The number of carbonyl (C=O) groups is 1. The molecule has 0 atom stereocenters. The van der Waals surface area contributed by atoms with E-state index in [1.165, 1.54) is 32.1 Å². The molecule has 0 amide bonds. The predicted octanol–water partition coefficient (Wildman–Crippen LogP) is 2.60. The average Bonchev–Trinajstić information content (AvgIpc) is 2.70. The van der Waals surface area contributed by atoms with E-state index in [0.717, 1.165) is 19.3 Å². The maximum Gasteiger partial charge on any atom is 0.313 e. The van der Waals surface area contributed by atoms with Crippen molar-refractivity contribution in [3.8, 4) is 0 Å². The summed E-state index contributed by atoms with van der Waals surface area (Å²) in [7, 11) is 0. The summed E-state index contributed by atoms with van der Waals surface area (Å²) in [5.74, 6) is 0.0201. The molecule has 0 unspecified atom stereocenters. The zero-order chi connectivity index (χ0) is 11.4. The maximum atomic E-state index is 11.9. The van der Waals surface area contributed by atoms with E-state index in [9.17, 15) is 4.79 Å². The van der Waals surface area contributed by atoms with Crippen LogP contribution >= 0.6 is 0 Å². The monoisotopic (exact) mass is 225 g/mol. The summed E-state index contributed by atoms with van der Waals surface area (Å²) in [5, 5.41) is 3.31. The van der Waals surface area contributed by atoms with Gasteiger partial charge in [0.15, 0.2) is 0 Å². The van der Waals surface area contributed by atoms with E-state index in [4.69, 9.17) is 4.74 Å². The fourth-order valence-electron chi connectivity index (χ4n) is 2.81. The molecule has 3 heteroatoms. The van der Waals surface area contributed by atoms with Crippen LogP contribution in [0.2, 0.25) is 0 Å². The second-order valence-electron chi connectivity index (χ2n) is 5.25. The van der Waals surface area contributed by atoms with Crippen molar-refractivity contribution in [1.29, 1.82) is 0 Å². The first-order valence-electron chi connectivity index (χ1n) is 6.67. The second-order valence-corrected chi connectivity index (χ2v) is 5.25. The van der Waals surface area contributed by atoms with E-state index >= 15 is 0 Å². The molecule has 16 heavy (non-hydrogen) atoms. The fraction of sp³-hybridized carbons (Fsp3) is 0.923. The van der Waals surface area contributed by atoms with E-state index < -0.39 is 0 Å². The van der Waals surface area contributed by atoms with Crippen molar-refractivity contribution in [2.45, 2.75) is 64.3 Å². The lowest BCUT2D eigenvalue weighted by Gasteiger charge is -2.38. The first kappa shape index (κ1) is 11.9. The molecule has 2 aliphatic carbocycles. The molecule has 2 saturated carbocycles. The number of rotatable bonds is 5. The summed E-state index contributed by atoms with van der Waals surface area (Å²) in [6.07, 6.45) is 9.23. The van der Waals surface area contributed by atoms with Crippen LogP contribution in [0.15, 0.2) is 0 Å². The molecule has 0 aromatic carbocycles. The molecule has 0 spiro atoms. The predicted molar refractivity (Wildman–Crippen MR) is 62.9 cm³/mol. The third-order valence-corrected chi connectivity index (χ3v) is 4.35. The van der Waals surface area contributed by atoms with Gasteiger partial charge in [-0.25, -0.2) is 0 Å². The standard InChI is InChI=1S/C13H23NO2/c1-2-13(8-5-9-13)12(15)16-10-14-11-6-3-4-7-11/h11,14H,2-10H2,1H3. The number of hydrogen-bond donors (Lipinski definition) is 1. The van der Waals surface area contributed by atoms with Crippen molar-refractivity contribution in [3.05, 3.63) is 0 Å². The molecule has 2 fully saturated rings. The molecule has 0 heterocycles. The van der Waals surface area contributed by atoms with Crippen molar-refractivity contribution < 1.29 is 9.53 Å². The topological polar surface area (TPSA) is 38.3 Å². The molecule has 0 aromatic heterocycles. The van der Waals surface area contributed by atoms with Gasteiger partial charge in [-0.2, -0.15) is 0 Å². The minimum absolute atomic E-state index is 0.0201. The van der Waals surface area contributed by atoms with Crippen LogP contribution in [0.1, 0.15) is 58.3 Å². The molecule has 0 aromatic rings. The molecule has 2 rings (SSSR count). The number of hydrogen-bond acceptors (Lipinski definition) is 3. The molecule has 92 valence electrons. The van der Waals surface area contributed by atoms with Crippen molar-refractivity contribution in [2.75, 3.05) is 6.73 Å². The summed E-state index contributed by atoms with van der Waals surface area (Å²) in [6.45, 7) is 2.50. The van der Waals surface area contributed by atoms with Gasteiger partial charge in [0, 0.05) is 6.04 Å². The van der Waals surface area contributed by atoms with Gasteiger partial charge in [-0.15, -0.1) is 0 Å². The molecule has 0 saturated heterocycles. The van der Waals surface area contributed by atoms with Gasteiger partial charge >= 0.3 is 5.97 Å². The highest BCUT2D eigenvalue weighted by Crippen LogP contribution is 2.44. The molecule has 3 nitrogen and oxygen atoms in total. The number of carbonyl (C=O) groups excluding carboxylic acids is 1. The van der Waals surface area contributed by atoms with Gasteiger partial charge in [0.2, 0.25) is 0 Å². The second kappa shape index (κ2) is 5.17. The van der Waals surface area contributed by atoms with Gasteiger partial charge in [-0.05, 0) is 32.1 Å². The quantitative estimate of drug-likeness (QED) is 0.577. The Balaban J connectivity index is 1.67. The third kappa shape index (κ3) is 2.40. The van der Waals surface area contributed by atoms with Gasteiger partial charge in [-0.3, -0.25) is 10.1 Å². The van der Waals surface area contributed by atoms with Crippen LogP contribution in [0.3, 0.4) is 0 Å². The first-order chi connectivity index (χ1) is 7.77. The summed E-state index contributed by atoms with van der Waals surface area (Å²) >= 11 is 0. The number of esters is 1. The van der Waals surface area contributed by atoms with E-state index in [1.54, 1.807) is 0 Å². The molecule has 0 bridgehead atoms. The molecule has 0 radical (unpaired) electrons. The zero-order valence-corrected chi connectivity index (χ0v) is 10.3. The molecule has 2 aliphatic rings. The smallest absolute Gasteiger partial charge is 0.313 e. The Bertz CT molecular complexity index is 237. The van der Waals surface area contributed by atoms with Crippen molar-refractivity contribution >= 4 is 5.97 Å². The highest BCUT2D eigenvalue weighted by atomic mass is 16.5. The SMILES string of the molecule is CCC1(C(=O)OCNC2CCCC2)CCC1. The minimum Gasteiger partial charge on any atom is -0.449 e. The van der Waals surface area contributed by atoms with Gasteiger partial charge < -0.3 is 4.74 Å². The van der Waals surface area contributed by atoms with E-state index in [-0.39, 0.29) is 11.4 Å². The zero-order valence-electron chi connectivity index (χ0n) is 10.3. The van der Waals surface area contributed by atoms with Gasteiger partial charge in [0.25, 0.3) is 0 Å². The van der Waals surface area contributed by atoms with E-state index in [1.807, 2.05) is 0 Å². The molecular formula is C13H23NO2. The third-order valence-electron chi connectivity index (χ3n) is 4.35. The van der Waals surface area contributed by atoms with E-state index in [2.05, 4.69) is 12.2 Å². The summed E-state index contributed by atoms with van der Waals surface area (Å²) < 4.78 is 5.35. The van der Waals surface area contributed by atoms with Crippen LogP contribution in [0.5, 0.6) is 0 Å². The number of nitrogens with one attached hydrogen (secondary N) is 1. The molecular weight excluding hydrogens is 202 g/mol. The average molecular weight is 225 g/mol. The summed E-state index contributed by atoms with van der Waals surface area (Å²) in [6, 6.07) is 0.576. The van der Waals surface area contributed by atoms with Crippen LogP contribution < -0.4 is 5.32 Å². The Morgan fingerprint density at radius 1 is 1.31 bits per heavy atom. The van der Waals surface area contributed by atoms with Crippen LogP contribution in [-0.2, 0) is 9.53 Å². The first-order valence-corrected chi connectivity index (χ1v) is 6.67. The Morgan fingerprint density at radius 3 is 2.50 bits per heavy atom. The van der Waals surface area contributed by atoms with Crippen LogP contribution in [-0.4, -0.2) is 18.7 Å². The summed E-state index contributed by atoms with van der Waals surface area (Å²) in [5.41, 5.74) is -0.128. The Hall–Kier alpha value is -0.570. The van der Waals surface area contributed by atoms with Gasteiger partial charge in [0.1, 0.15) is 6.73 Å². The lowest BCUT2D eigenvalue weighted by atomic mass is 9.67. The van der Waals surface area contributed by atoms with Crippen LogP contribution in [0.25, 0.3) is 0 Å². The maximum absolute atomic E-state index is 11.9. The van der Waals surface area contributed by atoms with Gasteiger partial charge in [0.05, 0.1) is 5.41 Å². The minimum atomic E-state index is -0.128. The molecule has 1 N–H and O–H groups in total. The van der Waals surface area contributed by atoms with Crippen molar-refractivity contribution in [1.82, 2.24) is 5.32 Å². The molecule has 0 aliphatic heterocycles. The van der Waals surface area contributed by atoms with E-state index in [0.29, 0.717) is 12.8 Å². The van der Waals surface area contributed by atoms with Crippen molar-refractivity contribution in [3.63, 3.8) is 0 Å². The lowest BCUT2D eigenvalue weighted by molar-refractivity contribution is -0.163. The number of ether oxygens (including phenoxy) is 1. The van der Waals surface area contributed by atoms with Crippen LogP contribution in [0, 0.1) is 5.41 Å². The highest BCUT2D eigenvalue weighted by Gasteiger charge is 2.43. The highest BCUT2D eigenvalue weighted by molar-refractivity contribution is 5.77. The van der Waals surface area contributed by atoms with Crippen molar-refractivity contribution in [2.24, 2.45) is 5.41 Å². The van der Waals surface area contributed by atoms with Gasteiger partial charge in [-0.1, -0.05) is 26.2 Å². The largest absolute Gasteiger partial charge is 0.449 e. The normalized spacial score (nSPS) is 24.1.